The van der Waals surface area contributed by atoms with Crippen molar-refractivity contribution in [2.75, 3.05) is 29.6 Å². The lowest BCUT2D eigenvalue weighted by atomic mass is 10.1. The molecule has 56 heavy (non-hydrogen) atoms. The average molecular weight is 787 g/mol. The molecule has 0 radical (unpaired) electrons. The van der Waals surface area contributed by atoms with Crippen LogP contribution in [0.2, 0.25) is 0 Å². The van der Waals surface area contributed by atoms with Gasteiger partial charge >= 0.3 is 20.5 Å². The Labute approximate surface area is 321 Å². The Morgan fingerprint density at radius 2 is 1.59 bits per heavy atom. The quantitative estimate of drug-likeness (QED) is 0.0381. The number of nitrogens with two attached hydrogens (primary N) is 1. The van der Waals surface area contributed by atoms with Crippen molar-refractivity contribution < 1.29 is 42.6 Å². The number of hydrogen-bond acceptors (Lipinski definition) is 14. The molecule has 292 valence electrons. The monoisotopic (exact) mass is 786 g/mol. The molecule has 0 aliphatic heterocycles. The lowest BCUT2D eigenvalue weighted by Crippen LogP contribution is -2.41. The molecule has 0 unspecified atom stereocenters. The molecule has 2 heterocycles. The van der Waals surface area contributed by atoms with Crippen LogP contribution in [-0.4, -0.2) is 68.1 Å². The van der Waals surface area contributed by atoms with Gasteiger partial charge in [-0.15, -0.1) is 0 Å². The van der Waals surface area contributed by atoms with E-state index >= 15 is 0 Å². The van der Waals surface area contributed by atoms with Crippen molar-refractivity contribution in [1.29, 1.82) is 0 Å². The van der Waals surface area contributed by atoms with Gasteiger partial charge in [-0.2, -0.15) is 4.98 Å². The van der Waals surface area contributed by atoms with E-state index < -0.39 is 44.0 Å². The third-order valence-electron chi connectivity index (χ3n) is 7.72. The normalized spacial score (nSPS) is 11.6. The van der Waals surface area contributed by atoms with Crippen LogP contribution in [0, 0.1) is 0 Å². The fourth-order valence-electron chi connectivity index (χ4n) is 5.00. The molecule has 0 aliphatic rings. The highest BCUT2D eigenvalue weighted by molar-refractivity contribution is 7.41. The van der Waals surface area contributed by atoms with Crippen LogP contribution in [0.5, 0.6) is 5.75 Å². The standard InChI is InChI=1S/C37H39N8O10P/c1-3-52-56(53-4-2)54-21-22-9-13-25(14-10-22)42-34(48)27-7-5-6-8-29(27)55-30(46)18-17-28(36(50)51)43-33(47)23-11-15-24(16-12-23)39-19-26-20-40-32-31(41-26)35(49)45-37(38)44-32/h5-16,20,28,39H,3-4,17-19,21H2,1-2H3,(H,42,48)(H,43,47)(H,50,51)(H3,38,40,44,45,49)/t28-/m0/s1. The van der Waals surface area contributed by atoms with Gasteiger partial charge in [-0.05, 0) is 74.4 Å². The van der Waals surface area contributed by atoms with Gasteiger partial charge in [0.25, 0.3) is 17.4 Å². The number of fused-ring (bicyclic) bond motifs is 1. The molecule has 3 aromatic carbocycles. The summed E-state index contributed by atoms with van der Waals surface area (Å²) < 4.78 is 22.0. The number of carboxylic acids is 1. The Morgan fingerprint density at radius 3 is 2.29 bits per heavy atom. The van der Waals surface area contributed by atoms with E-state index in [4.69, 9.17) is 24.0 Å². The maximum atomic E-state index is 13.1. The smallest absolute Gasteiger partial charge is 0.332 e. The molecule has 7 N–H and O–H groups in total. The first kappa shape index (κ1) is 40.8. The fraction of sp³-hybridized carbons (Fsp3) is 0.243. The molecule has 0 fully saturated rings. The molecule has 1 atom stereocenters. The second-order valence-corrected chi connectivity index (χ2v) is 13.0. The summed E-state index contributed by atoms with van der Waals surface area (Å²) in [7, 11) is -1.46. The largest absolute Gasteiger partial charge is 0.480 e. The number of nitrogens with zero attached hydrogens (tertiary/aromatic N) is 3. The van der Waals surface area contributed by atoms with Crippen molar-refractivity contribution in [2.24, 2.45) is 0 Å². The number of esters is 1. The van der Waals surface area contributed by atoms with Gasteiger partial charge in [0.2, 0.25) is 5.95 Å². The third kappa shape index (κ3) is 11.6. The first-order valence-corrected chi connectivity index (χ1v) is 18.4. The number of carboxylic acid groups (broad SMARTS) is 1. The van der Waals surface area contributed by atoms with Gasteiger partial charge in [0.15, 0.2) is 11.2 Å². The van der Waals surface area contributed by atoms with E-state index in [2.05, 4.69) is 35.9 Å². The van der Waals surface area contributed by atoms with Gasteiger partial charge in [-0.1, -0.05) is 24.3 Å². The number of benzene rings is 3. The highest BCUT2D eigenvalue weighted by atomic mass is 31.2. The molecule has 5 aromatic rings. The third-order valence-corrected chi connectivity index (χ3v) is 9.00. The van der Waals surface area contributed by atoms with Crippen molar-refractivity contribution in [3.05, 3.63) is 112 Å². The predicted octanol–water partition coefficient (Wildman–Crippen LogP) is 4.55. The zero-order valence-electron chi connectivity index (χ0n) is 30.3. The van der Waals surface area contributed by atoms with Crippen molar-refractivity contribution in [2.45, 2.75) is 45.9 Å². The van der Waals surface area contributed by atoms with Crippen LogP contribution in [0.25, 0.3) is 11.2 Å². The van der Waals surface area contributed by atoms with Crippen LogP contribution in [0.3, 0.4) is 0 Å². The number of anilines is 3. The topological polar surface area (TPSA) is 259 Å². The number of aliphatic carboxylic acids is 1. The minimum absolute atomic E-state index is 0.0200. The highest BCUT2D eigenvalue weighted by Crippen LogP contribution is 2.40. The fourth-order valence-corrected chi connectivity index (χ4v) is 5.90. The Hall–Kier alpha value is -6.33. The lowest BCUT2D eigenvalue weighted by molar-refractivity contribution is -0.140. The van der Waals surface area contributed by atoms with E-state index in [0.29, 0.717) is 30.3 Å². The molecule has 0 bridgehead atoms. The highest BCUT2D eigenvalue weighted by Gasteiger charge is 2.23. The summed E-state index contributed by atoms with van der Waals surface area (Å²) in [5, 5.41) is 18.1. The number of hydrogen-bond donors (Lipinski definition) is 6. The number of nitrogen functional groups attached to an aromatic ring is 1. The summed E-state index contributed by atoms with van der Waals surface area (Å²) in [4.78, 5) is 77.7. The van der Waals surface area contributed by atoms with E-state index in [1.165, 1.54) is 30.5 Å². The Kier molecular flexibility index (Phi) is 14.5. The second kappa shape index (κ2) is 19.8. The van der Waals surface area contributed by atoms with E-state index in [-0.39, 0.29) is 60.0 Å². The van der Waals surface area contributed by atoms with Gasteiger partial charge in [-0.3, -0.25) is 24.2 Å². The molecule has 5 rings (SSSR count). The predicted molar refractivity (Wildman–Crippen MR) is 206 cm³/mol. The Balaban J connectivity index is 1.10. The summed E-state index contributed by atoms with van der Waals surface area (Å²) in [6.45, 7) is 5.07. The summed E-state index contributed by atoms with van der Waals surface area (Å²) in [6.07, 6.45) is 0.796. The molecule has 19 heteroatoms. The van der Waals surface area contributed by atoms with Crippen molar-refractivity contribution in [3.8, 4) is 5.75 Å². The van der Waals surface area contributed by atoms with E-state index in [0.717, 1.165) is 5.56 Å². The Bertz CT molecular complexity index is 2210. The molecular weight excluding hydrogens is 747 g/mol. The minimum Gasteiger partial charge on any atom is -0.480 e. The summed E-state index contributed by atoms with van der Waals surface area (Å²) >= 11 is 0. The number of carbonyl (C=O) groups excluding carboxylic acids is 3. The number of para-hydroxylation sites is 1. The van der Waals surface area contributed by atoms with Gasteiger partial charge in [0, 0.05) is 23.4 Å². The van der Waals surface area contributed by atoms with Crippen molar-refractivity contribution in [3.63, 3.8) is 0 Å². The zero-order valence-corrected chi connectivity index (χ0v) is 31.2. The maximum Gasteiger partial charge on any atom is 0.332 e. The first-order valence-electron chi connectivity index (χ1n) is 17.3. The molecule has 0 aliphatic carbocycles. The molecule has 2 aromatic heterocycles. The molecule has 18 nitrogen and oxygen atoms in total. The van der Waals surface area contributed by atoms with Gasteiger partial charge in [-0.25, -0.2) is 14.8 Å². The lowest BCUT2D eigenvalue weighted by Gasteiger charge is -2.15. The number of amides is 2. The Morgan fingerprint density at radius 1 is 0.893 bits per heavy atom. The van der Waals surface area contributed by atoms with Crippen LogP contribution in [-0.2, 0) is 36.3 Å². The summed E-state index contributed by atoms with van der Waals surface area (Å²) in [6, 6.07) is 17.9. The first-order chi connectivity index (χ1) is 27.0. The number of nitrogens with one attached hydrogen (secondary N) is 4. The van der Waals surface area contributed by atoms with Gasteiger partial charge in [0.1, 0.15) is 11.8 Å². The molecule has 0 saturated heterocycles. The van der Waals surface area contributed by atoms with Crippen molar-refractivity contribution in [1.82, 2.24) is 25.3 Å². The number of carbonyl (C=O) groups is 4. The maximum absolute atomic E-state index is 13.1. The molecule has 0 saturated carbocycles. The molecular formula is C37H39N8O10P. The number of ether oxygens (including phenoxy) is 1. The number of aromatic nitrogens is 4. The van der Waals surface area contributed by atoms with E-state index in [9.17, 15) is 29.1 Å². The van der Waals surface area contributed by atoms with E-state index in [1.807, 2.05) is 13.8 Å². The molecule has 2 amide bonds. The second-order valence-electron chi connectivity index (χ2n) is 11.8. The van der Waals surface area contributed by atoms with Crippen LogP contribution in [0.4, 0.5) is 17.3 Å². The van der Waals surface area contributed by atoms with Gasteiger partial charge in [0.05, 0.1) is 43.8 Å². The van der Waals surface area contributed by atoms with Crippen LogP contribution < -0.4 is 32.0 Å². The van der Waals surface area contributed by atoms with Gasteiger partial charge < -0.3 is 45.1 Å². The zero-order chi connectivity index (χ0) is 40.0. The van der Waals surface area contributed by atoms with Crippen LogP contribution in [0.15, 0.2) is 83.8 Å². The SMILES string of the molecule is CCOP(OCC)OCc1ccc(NC(=O)c2ccccc2OC(=O)CC[C@H](NC(=O)c2ccc(NCc3cnc4nc(N)[nH]c(=O)c4n3)cc2)C(=O)O)cc1. The van der Waals surface area contributed by atoms with Crippen molar-refractivity contribution >= 4 is 60.8 Å². The average Bonchev–Trinajstić information content (AvgIpc) is 3.18. The number of rotatable bonds is 19. The summed E-state index contributed by atoms with van der Waals surface area (Å²) in [5.41, 5.74) is 7.80. The van der Waals surface area contributed by atoms with E-state index in [1.54, 1.807) is 48.5 Å². The summed E-state index contributed by atoms with van der Waals surface area (Å²) in [5.74, 6) is -3.44. The van der Waals surface area contributed by atoms with Crippen LogP contribution in [0.1, 0.15) is 58.7 Å². The number of aromatic amines is 1. The minimum atomic E-state index is -1.46. The number of H-pyrrole nitrogens is 1. The van der Waals surface area contributed by atoms with Crippen LogP contribution >= 0.6 is 8.60 Å². The molecule has 0 spiro atoms.